The molecule has 3 nitrogen and oxygen atoms in total. The van der Waals surface area contributed by atoms with E-state index in [1.54, 1.807) is 17.4 Å². The van der Waals surface area contributed by atoms with Crippen LogP contribution in [-0.2, 0) is 0 Å². The minimum Gasteiger partial charge on any atom is -0.320 e. The van der Waals surface area contributed by atoms with Crippen LogP contribution in [0.1, 0.15) is 25.7 Å². The zero-order valence-electron chi connectivity index (χ0n) is 11.4. The predicted octanol–water partition coefficient (Wildman–Crippen LogP) is 5.50. The monoisotopic (exact) mass is 339 g/mol. The Bertz CT molecular complexity index is 667. The summed E-state index contributed by atoms with van der Waals surface area (Å²) < 4.78 is 0. The van der Waals surface area contributed by atoms with Gasteiger partial charge in [0.2, 0.25) is 0 Å². The van der Waals surface area contributed by atoms with Gasteiger partial charge in [-0.05, 0) is 31.0 Å². The number of aromatic nitrogens is 1. The van der Waals surface area contributed by atoms with Crippen molar-refractivity contribution in [2.45, 2.75) is 25.7 Å². The molecule has 0 saturated carbocycles. The van der Waals surface area contributed by atoms with Gasteiger partial charge in [0.1, 0.15) is 5.84 Å². The fraction of sp³-hybridized carbons (Fsp3) is 0.333. The number of thiazole rings is 1. The topological polar surface area (TPSA) is 37.3 Å². The summed E-state index contributed by atoms with van der Waals surface area (Å²) in [5.41, 5.74) is 1.76. The zero-order valence-corrected chi connectivity index (χ0v) is 13.7. The highest BCUT2D eigenvalue weighted by atomic mass is 35.5. The molecule has 0 saturated heterocycles. The van der Waals surface area contributed by atoms with Gasteiger partial charge in [-0.3, -0.25) is 4.99 Å². The number of nitrogens with zero attached hydrogens (tertiary/aromatic N) is 2. The molecule has 2 aromatic rings. The molecule has 110 valence electrons. The van der Waals surface area contributed by atoms with E-state index in [4.69, 9.17) is 23.2 Å². The van der Waals surface area contributed by atoms with Gasteiger partial charge in [-0.2, -0.15) is 0 Å². The van der Waals surface area contributed by atoms with Crippen LogP contribution in [0, 0.1) is 0 Å². The smallest absolute Gasteiger partial charge is 0.188 e. The van der Waals surface area contributed by atoms with E-state index in [-0.39, 0.29) is 0 Å². The second kappa shape index (κ2) is 6.77. The van der Waals surface area contributed by atoms with Crippen molar-refractivity contribution in [3.05, 3.63) is 33.6 Å². The van der Waals surface area contributed by atoms with E-state index in [1.807, 2.05) is 17.5 Å². The molecule has 0 fully saturated rings. The number of hydrogen-bond donors (Lipinski definition) is 1. The van der Waals surface area contributed by atoms with Gasteiger partial charge >= 0.3 is 0 Å². The second-order valence-corrected chi connectivity index (χ2v) is 6.63. The molecular weight excluding hydrogens is 325 g/mol. The third-order valence-corrected chi connectivity index (χ3v) is 4.64. The van der Waals surface area contributed by atoms with Crippen LogP contribution >= 0.6 is 34.5 Å². The number of aliphatic imine (C=N–C) groups is 1. The highest BCUT2D eigenvalue weighted by Gasteiger charge is 2.11. The largest absolute Gasteiger partial charge is 0.320 e. The van der Waals surface area contributed by atoms with Gasteiger partial charge < -0.3 is 5.32 Å². The SMILES string of the molecule is Clc1ccc(-c2csc(NC3=NCCCCC3)n2)c(Cl)c1. The Balaban J connectivity index is 1.78. The average Bonchev–Trinajstić information content (AvgIpc) is 2.75. The molecule has 21 heavy (non-hydrogen) atoms. The Hall–Kier alpha value is -1.10. The minimum absolute atomic E-state index is 0.617. The first-order valence-electron chi connectivity index (χ1n) is 6.94. The van der Waals surface area contributed by atoms with Crippen LogP contribution in [0.3, 0.4) is 0 Å². The van der Waals surface area contributed by atoms with Gasteiger partial charge in [-0.1, -0.05) is 29.6 Å². The Morgan fingerprint density at radius 3 is 2.90 bits per heavy atom. The van der Waals surface area contributed by atoms with Crippen molar-refractivity contribution < 1.29 is 0 Å². The average molecular weight is 340 g/mol. The maximum absolute atomic E-state index is 6.22. The molecule has 3 rings (SSSR count). The van der Waals surface area contributed by atoms with Crippen LogP contribution < -0.4 is 5.32 Å². The van der Waals surface area contributed by atoms with Gasteiger partial charge in [0.15, 0.2) is 5.13 Å². The number of halogens is 2. The molecule has 1 aromatic heterocycles. The summed E-state index contributed by atoms with van der Waals surface area (Å²) in [5, 5.41) is 7.43. The Morgan fingerprint density at radius 2 is 2.05 bits per heavy atom. The van der Waals surface area contributed by atoms with Crippen molar-refractivity contribution in [3.63, 3.8) is 0 Å². The molecule has 0 unspecified atom stereocenters. The van der Waals surface area contributed by atoms with Gasteiger partial charge in [0.25, 0.3) is 0 Å². The van der Waals surface area contributed by atoms with Crippen molar-refractivity contribution in [2.75, 3.05) is 11.9 Å². The fourth-order valence-electron chi connectivity index (χ4n) is 2.25. The standard InChI is InChI=1S/C15H15Cl2N3S/c16-10-5-6-11(12(17)8-10)13-9-21-15(19-13)20-14-4-2-1-3-7-18-14/h5-6,8-9H,1-4,7H2,(H,18,19,20). The number of rotatable bonds is 2. The minimum atomic E-state index is 0.617. The number of benzene rings is 1. The van der Waals surface area contributed by atoms with E-state index in [1.165, 1.54) is 19.3 Å². The molecule has 0 bridgehead atoms. The third kappa shape index (κ3) is 3.76. The number of hydrogen-bond acceptors (Lipinski definition) is 4. The lowest BCUT2D eigenvalue weighted by atomic mass is 10.2. The molecule has 1 aliphatic rings. The zero-order chi connectivity index (χ0) is 14.7. The number of nitrogens with one attached hydrogen (secondary N) is 1. The molecule has 6 heteroatoms. The maximum Gasteiger partial charge on any atom is 0.188 e. The van der Waals surface area contributed by atoms with Crippen molar-refractivity contribution in [1.82, 2.24) is 4.98 Å². The third-order valence-electron chi connectivity index (χ3n) is 3.34. The van der Waals surface area contributed by atoms with Gasteiger partial charge in [0, 0.05) is 28.9 Å². The van der Waals surface area contributed by atoms with Gasteiger partial charge in [0.05, 0.1) is 10.7 Å². The molecule has 0 spiro atoms. The molecular formula is C15H15Cl2N3S. The molecule has 0 radical (unpaired) electrons. The molecule has 1 aromatic carbocycles. The number of anilines is 1. The maximum atomic E-state index is 6.22. The van der Waals surface area contributed by atoms with Crippen LogP contribution in [0.5, 0.6) is 0 Å². The van der Waals surface area contributed by atoms with E-state index >= 15 is 0 Å². The van der Waals surface area contributed by atoms with Crippen LogP contribution in [0.15, 0.2) is 28.6 Å². The molecule has 1 aliphatic heterocycles. The van der Waals surface area contributed by atoms with E-state index in [9.17, 15) is 0 Å². The van der Waals surface area contributed by atoms with E-state index in [0.29, 0.717) is 10.0 Å². The Kier molecular flexibility index (Phi) is 4.78. The van der Waals surface area contributed by atoms with Gasteiger partial charge in [-0.15, -0.1) is 11.3 Å². The van der Waals surface area contributed by atoms with E-state index in [2.05, 4.69) is 15.3 Å². The van der Waals surface area contributed by atoms with Crippen molar-refractivity contribution in [3.8, 4) is 11.3 Å². The quantitative estimate of drug-likeness (QED) is 0.784. The normalized spacial score (nSPS) is 15.4. The summed E-state index contributed by atoms with van der Waals surface area (Å²) in [6.45, 7) is 0.906. The molecule has 1 N–H and O–H groups in total. The summed E-state index contributed by atoms with van der Waals surface area (Å²) in [5.74, 6) is 1.04. The lowest BCUT2D eigenvalue weighted by molar-refractivity contribution is 0.731. The van der Waals surface area contributed by atoms with Crippen LogP contribution in [0.25, 0.3) is 11.3 Å². The Labute approximate surface area is 138 Å². The Morgan fingerprint density at radius 1 is 1.14 bits per heavy atom. The predicted molar refractivity (Wildman–Crippen MR) is 92.0 cm³/mol. The first-order chi connectivity index (χ1) is 10.2. The summed E-state index contributed by atoms with van der Waals surface area (Å²) >= 11 is 13.7. The van der Waals surface area contributed by atoms with Crippen LogP contribution in [0.2, 0.25) is 10.0 Å². The van der Waals surface area contributed by atoms with Crippen molar-refractivity contribution in [2.24, 2.45) is 4.99 Å². The van der Waals surface area contributed by atoms with Crippen LogP contribution in [-0.4, -0.2) is 17.4 Å². The molecule has 0 atom stereocenters. The summed E-state index contributed by atoms with van der Waals surface area (Å²) in [6.07, 6.45) is 4.61. The van der Waals surface area contributed by atoms with E-state index < -0.39 is 0 Å². The first kappa shape index (κ1) is 14.8. The molecule has 0 amide bonds. The number of amidine groups is 1. The molecule has 0 aliphatic carbocycles. The first-order valence-corrected chi connectivity index (χ1v) is 8.57. The molecule has 2 heterocycles. The van der Waals surface area contributed by atoms with Crippen molar-refractivity contribution in [1.29, 1.82) is 0 Å². The summed E-state index contributed by atoms with van der Waals surface area (Å²) in [4.78, 5) is 9.15. The summed E-state index contributed by atoms with van der Waals surface area (Å²) in [6, 6.07) is 5.46. The van der Waals surface area contributed by atoms with Gasteiger partial charge in [-0.25, -0.2) is 4.98 Å². The van der Waals surface area contributed by atoms with Crippen LogP contribution in [0.4, 0.5) is 5.13 Å². The highest BCUT2D eigenvalue weighted by Crippen LogP contribution is 2.32. The fourth-order valence-corrected chi connectivity index (χ4v) is 3.49. The van der Waals surface area contributed by atoms with Crippen molar-refractivity contribution >= 4 is 45.5 Å². The second-order valence-electron chi connectivity index (χ2n) is 4.93. The lowest BCUT2D eigenvalue weighted by Gasteiger charge is -2.04. The highest BCUT2D eigenvalue weighted by molar-refractivity contribution is 7.14. The lowest BCUT2D eigenvalue weighted by Crippen LogP contribution is -2.11. The summed E-state index contributed by atoms with van der Waals surface area (Å²) in [7, 11) is 0. The van der Waals surface area contributed by atoms with E-state index in [0.717, 1.165) is 35.2 Å².